The molecule has 23 heavy (non-hydrogen) atoms. The lowest BCUT2D eigenvalue weighted by Crippen LogP contribution is -2.30. The van der Waals surface area contributed by atoms with Gasteiger partial charge in [-0.05, 0) is 56.7 Å². The summed E-state index contributed by atoms with van der Waals surface area (Å²) in [6.07, 6.45) is -0.747. The molecule has 122 valence electrons. The number of halogens is 1. The molecule has 0 heterocycles. The number of ether oxygens (including phenoxy) is 2. The summed E-state index contributed by atoms with van der Waals surface area (Å²) in [4.78, 5) is 12.2. The predicted octanol–water partition coefficient (Wildman–Crippen LogP) is 3.94. The van der Waals surface area contributed by atoms with E-state index < -0.39 is 11.9 Å². The molecular formula is C18H20FNO3. The lowest BCUT2D eigenvalue weighted by molar-refractivity contribution is -0.122. The van der Waals surface area contributed by atoms with Gasteiger partial charge >= 0.3 is 0 Å². The average molecular weight is 317 g/mol. The highest BCUT2D eigenvalue weighted by Gasteiger charge is 2.15. The van der Waals surface area contributed by atoms with E-state index in [4.69, 9.17) is 9.47 Å². The minimum atomic E-state index is -0.747. The Balaban J connectivity index is 1.99. The highest BCUT2D eigenvalue weighted by molar-refractivity contribution is 5.94. The maximum Gasteiger partial charge on any atom is 0.265 e. The highest BCUT2D eigenvalue weighted by Crippen LogP contribution is 2.22. The van der Waals surface area contributed by atoms with Crippen LogP contribution in [-0.4, -0.2) is 18.6 Å². The lowest BCUT2D eigenvalue weighted by atomic mass is 10.2. The van der Waals surface area contributed by atoms with Crippen LogP contribution in [0, 0.1) is 12.7 Å². The van der Waals surface area contributed by atoms with E-state index in [1.165, 1.54) is 18.2 Å². The van der Waals surface area contributed by atoms with Gasteiger partial charge in [0.1, 0.15) is 17.3 Å². The summed E-state index contributed by atoms with van der Waals surface area (Å²) >= 11 is 0. The molecule has 0 radical (unpaired) electrons. The number of rotatable bonds is 6. The lowest BCUT2D eigenvalue weighted by Gasteiger charge is -2.15. The van der Waals surface area contributed by atoms with Gasteiger partial charge in [0.15, 0.2) is 6.10 Å². The molecule has 1 N–H and O–H groups in total. The van der Waals surface area contributed by atoms with Crippen LogP contribution in [0.2, 0.25) is 0 Å². The third-order valence-electron chi connectivity index (χ3n) is 3.22. The van der Waals surface area contributed by atoms with Crippen LogP contribution in [0.4, 0.5) is 10.1 Å². The molecule has 0 saturated heterocycles. The molecule has 0 spiro atoms. The number of hydrogen-bond acceptors (Lipinski definition) is 3. The van der Waals surface area contributed by atoms with Crippen LogP contribution in [0.1, 0.15) is 19.4 Å². The number of nitrogens with one attached hydrogen (secondary N) is 1. The van der Waals surface area contributed by atoms with E-state index in [9.17, 15) is 9.18 Å². The standard InChI is InChI=1S/C18H20FNO3/c1-4-22-17-9-8-15(10-12(17)2)20-18(21)13(3)23-16-7-5-6-14(19)11-16/h5-11,13H,4H2,1-3H3,(H,20,21). The van der Waals surface area contributed by atoms with Crippen LogP contribution in [0.5, 0.6) is 11.5 Å². The van der Waals surface area contributed by atoms with Gasteiger partial charge in [-0.25, -0.2) is 4.39 Å². The fourth-order valence-electron chi connectivity index (χ4n) is 2.09. The number of carbonyl (C=O) groups is 1. The molecule has 4 nitrogen and oxygen atoms in total. The minimum absolute atomic E-state index is 0.308. The topological polar surface area (TPSA) is 47.6 Å². The van der Waals surface area contributed by atoms with Crippen molar-refractivity contribution in [1.82, 2.24) is 0 Å². The summed E-state index contributed by atoms with van der Waals surface area (Å²) < 4.78 is 24.0. The molecule has 0 aromatic heterocycles. The Morgan fingerprint density at radius 3 is 2.70 bits per heavy atom. The van der Waals surface area contributed by atoms with Crippen molar-refractivity contribution in [3.63, 3.8) is 0 Å². The van der Waals surface area contributed by atoms with Gasteiger partial charge in [-0.15, -0.1) is 0 Å². The van der Waals surface area contributed by atoms with Crippen molar-refractivity contribution < 1.29 is 18.7 Å². The van der Waals surface area contributed by atoms with Gasteiger partial charge in [-0.1, -0.05) is 6.07 Å². The Hall–Kier alpha value is -2.56. The summed E-state index contributed by atoms with van der Waals surface area (Å²) in [5.41, 5.74) is 1.59. The Kier molecular flexibility index (Phi) is 5.57. The maximum atomic E-state index is 13.1. The first-order valence-corrected chi connectivity index (χ1v) is 7.46. The van der Waals surface area contributed by atoms with Crippen molar-refractivity contribution in [3.05, 3.63) is 53.8 Å². The molecule has 0 aliphatic carbocycles. The van der Waals surface area contributed by atoms with Crippen molar-refractivity contribution in [2.45, 2.75) is 26.9 Å². The smallest absolute Gasteiger partial charge is 0.265 e. The van der Waals surface area contributed by atoms with Gasteiger partial charge in [-0.3, -0.25) is 4.79 Å². The van der Waals surface area contributed by atoms with Gasteiger partial charge in [-0.2, -0.15) is 0 Å². The molecule has 1 amide bonds. The van der Waals surface area contributed by atoms with E-state index in [1.807, 2.05) is 26.0 Å². The summed E-state index contributed by atoms with van der Waals surface area (Å²) in [6.45, 7) is 6.03. The Bertz CT molecular complexity index is 688. The highest BCUT2D eigenvalue weighted by atomic mass is 19.1. The van der Waals surface area contributed by atoms with E-state index in [0.29, 0.717) is 18.0 Å². The first kappa shape index (κ1) is 16.8. The van der Waals surface area contributed by atoms with Crippen molar-refractivity contribution in [3.8, 4) is 11.5 Å². The number of amides is 1. The largest absolute Gasteiger partial charge is 0.494 e. The Morgan fingerprint density at radius 1 is 1.26 bits per heavy atom. The SMILES string of the molecule is CCOc1ccc(NC(=O)C(C)Oc2cccc(F)c2)cc1C. The first-order valence-electron chi connectivity index (χ1n) is 7.46. The zero-order valence-electron chi connectivity index (χ0n) is 13.4. The van der Waals surface area contributed by atoms with Gasteiger partial charge in [0.25, 0.3) is 5.91 Å². The Morgan fingerprint density at radius 2 is 2.04 bits per heavy atom. The quantitative estimate of drug-likeness (QED) is 0.878. The molecule has 0 bridgehead atoms. The fourth-order valence-corrected chi connectivity index (χ4v) is 2.09. The van der Waals surface area contributed by atoms with Crippen molar-refractivity contribution in [2.75, 3.05) is 11.9 Å². The van der Waals surface area contributed by atoms with Gasteiger partial charge < -0.3 is 14.8 Å². The van der Waals surface area contributed by atoms with Crippen LogP contribution >= 0.6 is 0 Å². The van der Waals surface area contributed by atoms with Gasteiger partial charge in [0.2, 0.25) is 0 Å². The third-order valence-corrected chi connectivity index (χ3v) is 3.22. The summed E-state index contributed by atoms with van der Waals surface area (Å²) in [5, 5.41) is 2.77. The molecule has 0 saturated carbocycles. The van der Waals surface area contributed by atoms with Crippen LogP contribution in [0.3, 0.4) is 0 Å². The molecule has 2 aromatic carbocycles. The maximum absolute atomic E-state index is 13.1. The van der Waals surface area contributed by atoms with Crippen molar-refractivity contribution in [2.24, 2.45) is 0 Å². The molecule has 2 aromatic rings. The molecule has 0 aliphatic rings. The van der Waals surface area contributed by atoms with Crippen LogP contribution in [0.15, 0.2) is 42.5 Å². The second kappa shape index (κ2) is 7.63. The van der Waals surface area contributed by atoms with E-state index in [1.54, 1.807) is 19.1 Å². The van der Waals surface area contributed by atoms with E-state index in [2.05, 4.69) is 5.32 Å². The molecule has 1 atom stereocenters. The molecule has 5 heteroatoms. The zero-order valence-corrected chi connectivity index (χ0v) is 13.4. The number of hydrogen-bond donors (Lipinski definition) is 1. The number of anilines is 1. The molecule has 2 rings (SSSR count). The second-order valence-corrected chi connectivity index (χ2v) is 5.12. The van der Waals surface area contributed by atoms with Crippen molar-refractivity contribution in [1.29, 1.82) is 0 Å². The summed E-state index contributed by atoms with van der Waals surface area (Å²) in [5.74, 6) is 0.389. The molecular weight excluding hydrogens is 297 g/mol. The zero-order chi connectivity index (χ0) is 16.8. The van der Waals surface area contributed by atoms with Crippen LogP contribution in [-0.2, 0) is 4.79 Å². The normalized spacial score (nSPS) is 11.7. The number of aryl methyl sites for hydroxylation is 1. The minimum Gasteiger partial charge on any atom is -0.494 e. The molecule has 0 aliphatic heterocycles. The molecule has 1 unspecified atom stereocenters. The monoisotopic (exact) mass is 317 g/mol. The predicted molar refractivity (Wildman–Crippen MR) is 87.5 cm³/mol. The summed E-state index contributed by atoms with van der Waals surface area (Å²) in [7, 11) is 0. The second-order valence-electron chi connectivity index (χ2n) is 5.12. The fraction of sp³-hybridized carbons (Fsp3) is 0.278. The van der Waals surface area contributed by atoms with Crippen molar-refractivity contribution >= 4 is 11.6 Å². The Labute approximate surface area is 135 Å². The molecule has 0 fully saturated rings. The third kappa shape index (κ3) is 4.71. The van der Waals surface area contributed by atoms with Gasteiger partial charge in [0.05, 0.1) is 6.61 Å². The first-order chi connectivity index (χ1) is 11.0. The van der Waals surface area contributed by atoms with E-state index >= 15 is 0 Å². The average Bonchev–Trinajstić information content (AvgIpc) is 2.50. The van der Waals surface area contributed by atoms with Crippen LogP contribution in [0.25, 0.3) is 0 Å². The number of carbonyl (C=O) groups excluding carboxylic acids is 1. The van der Waals surface area contributed by atoms with Gasteiger partial charge in [0, 0.05) is 11.8 Å². The van der Waals surface area contributed by atoms with E-state index in [-0.39, 0.29) is 5.91 Å². The van der Waals surface area contributed by atoms with Crippen LogP contribution < -0.4 is 14.8 Å². The number of benzene rings is 2. The summed E-state index contributed by atoms with van der Waals surface area (Å²) in [6, 6.07) is 11.1. The van der Waals surface area contributed by atoms with E-state index in [0.717, 1.165) is 11.3 Å².